The number of carbonyl (C=O) groups excluding carboxylic acids is 1. The van der Waals surface area contributed by atoms with E-state index in [0.29, 0.717) is 6.42 Å². The number of unbranched alkanes of at least 4 members (excludes halogenated alkanes) is 11. The molecule has 0 aromatic carbocycles. The van der Waals surface area contributed by atoms with Crippen molar-refractivity contribution in [1.82, 2.24) is 9.55 Å². The van der Waals surface area contributed by atoms with E-state index in [1.54, 1.807) is 0 Å². The summed E-state index contributed by atoms with van der Waals surface area (Å²) in [5, 5.41) is 19.9. The molecule has 0 radical (unpaired) electrons. The number of nitrogen functional groups attached to an aromatic ring is 1. The van der Waals surface area contributed by atoms with Crippen LogP contribution >= 0.6 is 0 Å². The summed E-state index contributed by atoms with van der Waals surface area (Å²) in [5.74, 6) is -0.424. The first-order valence-corrected chi connectivity index (χ1v) is 13.6. The summed E-state index contributed by atoms with van der Waals surface area (Å²) >= 11 is 0. The van der Waals surface area contributed by atoms with E-state index in [1.165, 1.54) is 57.2 Å². The molecule has 0 spiro atoms. The number of aliphatic hydroxyl groups is 2. The number of aromatic nitrogens is 2. The summed E-state index contributed by atoms with van der Waals surface area (Å²) in [6.07, 6.45) is 16.9. The van der Waals surface area contributed by atoms with Crippen LogP contribution in [0.4, 0.5) is 5.82 Å². The molecule has 36 heavy (non-hydrogen) atoms. The maximum Gasteiger partial charge on any atom is 0.351 e. The van der Waals surface area contributed by atoms with E-state index < -0.39 is 42.8 Å². The number of anilines is 1. The highest BCUT2D eigenvalue weighted by molar-refractivity contribution is 5.69. The molecule has 0 saturated carbocycles. The number of carbonyl (C=O) groups is 1. The summed E-state index contributed by atoms with van der Waals surface area (Å²) in [7, 11) is 0. The third-order valence-corrected chi connectivity index (χ3v) is 6.53. The normalized spacial score (nSPS) is 21.9. The number of aliphatic hydroxyl groups excluding tert-OH is 2. The van der Waals surface area contributed by atoms with Gasteiger partial charge >= 0.3 is 11.7 Å². The summed E-state index contributed by atoms with van der Waals surface area (Å²) < 4.78 is 12.2. The third-order valence-electron chi connectivity index (χ3n) is 6.53. The van der Waals surface area contributed by atoms with Crippen LogP contribution in [0.1, 0.15) is 103 Å². The lowest BCUT2D eigenvalue weighted by molar-refractivity contribution is -0.159. The average Bonchev–Trinajstić information content (AvgIpc) is 3.16. The van der Waals surface area contributed by atoms with Gasteiger partial charge in [-0.2, -0.15) is 4.98 Å². The van der Waals surface area contributed by atoms with Crippen LogP contribution in [0.3, 0.4) is 0 Å². The Kier molecular flexibility index (Phi) is 14.4. The van der Waals surface area contributed by atoms with Crippen molar-refractivity contribution < 1.29 is 24.5 Å². The number of esters is 1. The second kappa shape index (κ2) is 17.3. The summed E-state index contributed by atoms with van der Waals surface area (Å²) in [5.41, 5.74) is 4.84. The predicted molar refractivity (Wildman–Crippen MR) is 139 cm³/mol. The number of hydrogen-bond donors (Lipinski definition) is 3. The molecule has 0 bridgehead atoms. The standard InChI is InChI=1S/C27H45N3O6/c1-2-3-4-5-6-7-8-9-10-11-12-13-14-15-16-17-23(32)36-25-24(33)21(20-31)35-26(25)30-19-18-22(28)29-27(30)34/h9-10,18-19,21,24-26,31,33H,2-8,11-17,20H2,1H3,(H2,28,29,34)/b10-9+/t21-,24-,25+,26-/m1/s1. The van der Waals surface area contributed by atoms with Gasteiger partial charge in [-0.15, -0.1) is 0 Å². The van der Waals surface area contributed by atoms with Crippen molar-refractivity contribution in [3.8, 4) is 0 Å². The van der Waals surface area contributed by atoms with Crippen LogP contribution in [0.5, 0.6) is 0 Å². The molecule has 9 nitrogen and oxygen atoms in total. The Bertz CT molecular complexity index is 843. The minimum Gasteiger partial charge on any atom is -0.455 e. The topological polar surface area (TPSA) is 137 Å². The largest absolute Gasteiger partial charge is 0.455 e. The fourth-order valence-corrected chi connectivity index (χ4v) is 4.39. The molecule has 1 aromatic rings. The van der Waals surface area contributed by atoms with Crippen molar-refractivity contribution in [1.29, 1.82) is 0 Å². The first kappa shape index (κ1) is 30.0. The maximum absolute atomic E-state index is 12.4. The van der Waals surface area contributed by atoms with Gasteiger partial charge in [-0.1, -0.05) is 70.4 Å². The molecule has 204 valence electrons. The SMILES string of the molecule is CCCCCCCC/C=C/CCCCCCCC(=O)O[C@H]1[C@H](O)[C@@H](CO)O[C@H]1n1ccc(N)nc1=O. The third kappa shape index (κ3) is 10.4. The van der Waals surface area contributed by atoms with Crippen molar-refractivity contribution in [2.24, 2.45) is 0 Å². The van der Waals surface area contributed by atoms with Crippen molar-refractivity contribution in [2.75, 3.05) is 12.3 Å². The molecule has 9 heteroatoms. The van der Waals surface area contributed by atoms with Gasteiger partial charge in [-0.25, -0.2) is 4.79 Å². The minimum absolute atomic E-state index is 0.0474. The lowest BCUT2D eigenvalue weighted by atomic mass is 10.1. The zero-order chi connectivity index (χ0) is 26.2. The van der Waals surface area contributed by atoms with E-state index in [0.717, 1.165) is 36.7 Å². The predicted octanol–water partition coefficient (Wildman–Crippen LogP) is 4.03. The molecule has 0 amide bonds. The fraction of sp³-hybridized carbons (Fsp3) is 0.741. The van der Waals surface area contributed by atoms with E-state index in [1.807, 2.05) is 0 Å². The average molecular weight is 508 g/mol. The van der Waals surface area contributed by atoms with Gasteiger partial charge in [0.15, 0.2) is 12.3 Å². The van der Waals surface area contributed by atoms with Crippen LogP contribution in [0.2, 0.25) is 0 Å². The van der Waals surface area contributed by atoms with Crippen molar-refractivity contribution >= 4 is 11.8 Å². The summed E-state index contributed by atoms with van der Waals surface area (Å²) in [6.45, 7) is 1.77. The van der Waals surface area contributed by atoms with Gasteiger partial charge < -0.3 is 25.4 Å². The molecule has 2 heterocycles. The molecular formula is C27H45N3O6. The Balaban J connectivity index is 1.61. The van der Waals surface area contributed by atoms with E-state index in [2.05, 4.69) is 24.1 Å². The molecule has 1 fully saturated rings. The second-order valence-corrected chi connectivity index (χ2v) is 9.57. The first-order valence-electron chi connectivity index (χ1n) is 13.6. The van der Waals surface area contributed by atoms with Gasteiger partial charge in [-0.05, 0) is 38.2 Å². The van der Waals surface area contributed by atoms with Gasteiger partial charge in [0, 0.05) is 12.6 Å². The molecule has 2 rings (SSSR count). The Hall–Kier alpha value is -2.23. The molecule has 0 aliphatic carbocycles. The molecule has 4 atom stereocenters. The first-order chi connectivity index (χ1) is 17.5. The van der Waals surface area contributed by atoms with Crippen LogP contribution in [0.15, 0.2) is 29.2 Å². The number of ether oxygens (including phenoxy) is 2. The van der Waals surface area contributed by atoms with E-state index in [-0.39, 0.29) is 12.2 Å². The van der Waals surface area contributed by atoms with Gasteiger partial charge in [0.05, 0.1) is 6.61 Å². The molecule has 1 saturated heterocycles. The fourth-order valence-electron chi connectivity index (χ4n) is 4.39. The minimum atomic E-state index is -1.26. The van der Waals surface area contributed by atoms with Crippen LogP contribution in [-0.2, 0) is 14.3 Å². The Morgan fingerprint density at radius 3 is 2.31 bits per heavy atom. The smallest absolute Gasteiger partial charge is 0.351 e. The molecule has 1 aliphatic heterocycles. The Morgan fingerprint density at radius 2 is 1.69 bits per heavy atom. The van der Waals surface area contributed by atoms with Crippen LogP contribution in [0, 0.1) is 0 Å². The zero-order valence-electron chi connectivity index (χ0n) is 21.7. The van der Waals surface area contributed by atoms with Gasteiger partial charge in [0.2, 0.25) is 0 Å². The van der Waals surface area contributed by atoms with Gasteiger partial charge in [0.25, 0.3) is 0 Å². The lowest BCUT2D eigenvalue weighted by Gasteiger charge is -2.22. The number of rotatable bonds is 18. The number of hydrogen-bond acceptors (Lipinski definition) is 8. The van der Waals surface area contributed by atoms with Crippen LogP contribution in [0.25, 0.3) is 0 Å². The molecule has 0 unspecified atom stereocenters. The van der Waals surface area contributed by atoms with Crippen molar-refractivity contribution in [3.63, 3.8) is 0 Å². The summed E-state index contributed by atoms with van der Waals surface area (Å²) in [6, 6.07) is 1.41. The second-order valence-electron chi connectivity index (χ2n) is 9.57. The molecule has 1 aliphatic rings. The molecular weight excluding hydrogens is 462 g/mol. The monoisotopic (exact) mass is 507 g/mol. The van der Waals surface area contributed by atoms with Gasteiger partial charge in [0.1, 0.15) is 18.0 Å². The maximum atomic E-state index is 12.4. The van der Waals surface area contributed by atoms with Crippen molar-refractivity contribution in [2.45, 2.75) is 121 Å². The molecule has 4 N–H and O–H groups in total. The number of nitrogens with zero attached hydrogens (tertiary/aromatic N) is 2. The Labute approximate surface area is 214 Å². The van der Waals surface area contributed by atoms with E-state index >= 15 is 0 Å². The summed E-state index contributed by atoms with van der Waals surface area (Å²) in [4.78, 5) is 28.2. The highest BCUT2D eigenvalue weighted by Crippen LogP contribution is 2.31. The number of allylic oxidation sites excluding steroid dienone is 2. The number of nitrogens with two attached hydrogens (primary N) is 1. The highest BCUT2D eigenvalue weighted by atomic mass is 16.6. The van der Waals surface area contributed by atoms with Crippen LogP contribution in [-0.4, -0.2) is 50.7 Å². The van der Waals surface area contributed by atoms with E-state index in [4.69, 9.17) is 15.2 Å². The molecule has 1 aromatic heterocycles. The lowest BCUT2D eigenvalue weighted by Crippen LogP contribution is -2.39. The van der Waals surface area contributed by atoms with Gasteiger partial charge in [-0.3, -0.25) is 9.36 Å². The highest BCUT2D eigenvalue weighted by Gasteiger charge is 2.47. The van der Waals surface area contributed by atoms with Crippen LogP contribution < -0.4 is 11.4 Å². The quantitative estimate of drug-likeness (QED) is 0.154. The Morgan fingerprint density at radius 1 is 1.08 bits per heavy atom. The zero-order valence-corrected chi connectivity index (χ0v) is 21.7. The van der Waals surface area contributed by atoms with Crippen molar-refractivity contribution in [3.05, 3.63) is 34.9 Å². The van der Waals surface area contributed by atoms with E-state index in [9.17, 15) is 19.8 Å².